The summed E-state index contributed by atoms with van der Waals surface area (Å²) in [5.41, 5.74) is 9.28. The molecule has 0 aliphatic carbocycles. The molecule has 1 atom stereocenters. The van der Waals surface area contributed by atoms with Crippen molar-refractivity contribution in [2.75, 3.05) is 11.4 Å². The molecule has 0 spiro atoms. The van der Waals surface area contributed by atoms with Gasteiger partial charge in [0.1, 0.15) is 18.2 Å². The lowest BCUT2D eigenvalue weighted by atomic mass is 10.00. The van der Waals surface area contributed by atoms with E-state index in [9.17, 15) is 18.0 Å². The number of nitrogens with zero attached hydrogens (tertiary/aromatic N) is 5. The molecule has 0 fully saturated rings. The smallest absolute Gasteiger partial charge is 0.368 e. The van der Waals surface area contributed by atoms with Crippen molar-refractivity contribution in [1.82, 2.24) is 24.7 Å². The molecule has 0 unspecified atom stereocenters. The molecule has 0 aromatic carbocycles. The number of primary amides is 1. The highest BCUT2D eigenvalue weighted by atomic mass is 19.4. The first kappa shape index (κ1) is 23.3. The van der Waals surface area contributed by atoms with Gasteiger partial charge in [0.15, 0.2) is 0 Å². The van der Waals surface area contributed by atoms with Gasteiger partial charge in [0.05, 0.1) is 18.1 Å². The van der Waals surface area contributed by atoms with E-state index < -0.39 is 30.6 Å². The first-order valence-corrected chi connectivity index (χ1v) is 10.6. The number of rotatable bonds is 7. The summed E-state index contributed by atoms with van der Waals surface area (Å²) in [7, 11) is 1.82. The van der Waals surface area contributed by atoms with Crippen LogP contribution in [-0.2, 0) is 11.8 Å². The Bertz CT molecular complexity index is 1330. The number of hydrogen-bond donors (Lipinski definition) is 2. The van der Waals surface area contributed by atoms with Gasteiger partial charge in [0.2, 0.25) is 5.91 Å². The van der Waals surface area contributed by atoms with Crippen LogP contribution in [0.3, 0.4) is 0 Å². The molecule has 8 nitrogen and oxygen atoms in total. The zero-order valence-corrected chi connectivity index (χ0v) is 18.8. The van der Waals surface area contributed by atoms with E-state index in [1.807, 2.05) is 19.3 Å². The van der Waals surface area contributed by atoms with E-state index in [1.165, 1.54) is 6.20 Å². The Morgan fingerprint density at radius 2 is 1.91 bits per heavy atom. The highest BCUT2D eigenvalue weighted by molar-refractivity contribution is 5.96. The largest absolute Gasteiger partial charge is 0.405 e. The molecule has 0 aliphatic heterocycles. The summed E-state index contributed by atoms with van der Waals surface area (Å²) in [6.45, 7) is 1.98. The highest BCUT2D eigenvalue weighted by Gasteiger charge is 2.37. The van der Waals surface area contributed by atoms with Crippen molar-refractivity contribution in [2.45, 2.75) is 26.1 Å². The molecule has 0 aliphatic rings. The standard InChI is InChI=1S/C23H24F3N7O/c1-13(2)20(21(27)34)33(12-23(24,25)26)17-4-15(6-28-9-17)19-10-30-22-18(19)5-14(7-29-22)16-8-31-32(3)11-16/h4-11,13,20H,12H2,1-3H3,(H2,27,34)(H,29,30)/t20-/m1/s1. The normalized spacial score (nSPS) is 12.9. The number of carbonyl (C=O) groups excluding carboxylic acids is 1. The maximum Gasteiger partial charge on any atom is 0.405 e. The Labute approximate surface area is 193 Å². The molecule has 4 aromatic heterocycles. The molecule has 4 heterocycles. The van der Waals surface area contributed by atoms with E-state index in [1.54, 1.807) is 49.4 Å². The topological polar surface area (TPSA) is 106 Å². The SMILES string of the molecule is CC(C)[C@H](C(N)=O)N(CC(F)(F)F)c1cncc(-c2c[nH]c3ncc(-c4cnn(C)c4)cc23)c1. The number of carbonyl (C=O) groups is 1. The fourth-order valence-corrected chi connectivity index (χ4v) is 4.09. The van der Waals surface area contributed by atoms with Gasteiger partial charge in [-0.2, -0.15) is 18.3 Å². The second-order valence-electron chi connectivity index (χ2n) is 8.49. The molecular weight excluding hydrogens is 447 g/mol. The van der Waals surface area contributed by atoms with Gasteiger partial charge in [-0.3, -0.25) is 14.5 Å². The Kier molecular flexibility index (Phi) is 6.03. The third kappa shape index (κ3) is 4.73. The van der Waals surface area contributed by atoms with E-state index in [4.69, 9.17) is 5.73 Å². The maximum atomic E-state index is 13.4. The van der Waals surface area contributed by atoms with E-state index in [2.05, 4.69) is 20.1 Å². The lowest BCUT2D eigenvalue weighted by molar-refractivity contribution is -0.126. The number of H-pyrrole nitrogens is 1. The number of anilines is 1. The van der Waals surface area contributed by atoms with Crippen LogP contribution in [0.15, 0.2) is 49.3 Å². The van der Waals surface area contributed by atoms with Crippen LogP contribution in [0.2, 0.25) is 0 Å². The molecule has 4 aromatic rings. The van der Waals surface area contributed by atoms with Crippen LogP contribution in [0.1, 0.15) is 13.8 Å². The molecule has 178 valence electrons. The van der Waals surface area contributed by atoms with Crippen molar-refractivity contribution < 1.29 is 18.0 Å². The summed E-state index contributed by atoms with van der Waals surface area (Å²) >= 11 is 0. The fraction of sp³-hybridized carbons (Fsp3) is 0.304. The number of aryl methyl sites for hydroxylation is 1. The summed E-state index contributed by atoms with van der Waals surface area (Å²) < 4.78 is 42.0. The molecule has 34 heavy (non-hydrogen) atoms. The van der Waals surface area contributed by atoms with E-state index >= 15 is 0 Å². The second-order valence-corrected chi connectivity index (χ2v) is 8.49. The van der Waals surface area contributed by atoms with Gasteiger partial charge in [-0.15, -0.1) is 0 Å². The Hall–Kier alpha value is -3.89. The molecule has 4 rings (SSSR count). The summed E-state index contributed by atoms with van der Waals surface area (Å²) in [6.07, 6.45) is 5.37. The summed E-state index contributed by atoms with van der Waals surface area (Å²) in [4.78, 5) is 24.8. The number of aromatic amines is 1. The Morgan fingerprint density at radius 1 is 1.15 bits per heavy atom. The first-order chi connectivity index (χ1) is 16.0. The van der Waals surface area contributed by atoms with Crippen LogP contribution in [-0.4, -0.2) is 49.4 Å². The monoisotopic (exact) mass is 471 g/mol. The molecule has 0 saturated carbocycles. The Balaban J connectivity index is 1.79. The molecule has 0 bridgehead atoms. The van der Waals surface area contributed by atoms with Crippen LogP contribution in [0.25, 0.3) is 33.3 Å². The minimum Gasteiger partial charge on any atom is -0.368 e. The van der Waals surface area contributed by atoms with Crippen molar-refractivity contribution in [3.8, 4) is 22.3 Å². The van der Waals surface area contributed by atoms with Crippen LogP contribution >= 0.6 is 0 Å². The quantitative estimate of drug-likeness (QED) is 0.425. The zero-order chi connectivity index (χ0) is 24.6. The van der Waals surface area contributed by atoms with Gasteiger partial charge < -0.3 is 15.6 Å². The fourth-order valence-electron chi connectivity index (χ4n) is 4.09. The summed E-state index contributed by atoms with van der Waals surface area (Å²) in [6, 6.07) is 2.36. The average Bonchev–Trinajstić information content (AvgIpc) is 3.37. The van der Waals surface area contributed by atoms with Crippen molar-refractivity contribution in [3.05, 3.63) is 49.3 Å². The number of alkyl halides is 3. The number of amides is 1. The van der Waals surface area contributed by atoms with Crippen molar-refractivity contribution in [3.63, 3.8) is 0 Å². The molecule has 3 N–H and O–H groups in total. The van der Waals surface area contributed by atoms with Crippen LogP contribution in [0, 0.1) is 5.92 Å². The van der Waals surface area contributed by atoms with Gasteiger partial charge in [-0.1, -0.05) is 13.8 Å². The number of nitrogens with two attached hydrogens (primary N) is 1. The van der Waals surface area contributed by atoms with Crippen LogP contribution in [0.4, 0.5) is 18.9 Å². The summed E-state index contributed by atoms with van der Waals surface area (Å²) in [5.74, 6) is -1.27. The first-order valence-electron chi connectivity index (χ1n) is 10.6. The number of pyridine rings is 2. The lowest BCUT2D eigenvalue weighted by Crippen LogP contribution is -2.51. The maximum absolute atomic E-state index is 13.4. The minimum atomic E-state index is -4.54. The number of nitrogens with one attached hydrogen (secondary N) is 1. The summed E-state index contributed by atoms with van der Waals surface area (Å²) in [5, 5.41) is 4.96. The van der Waals surface area contributed by atoms with Gasteiger partial charge in [-0.25, -0.2) is 4.98 Å². The number of hydrogen-bond acceptors (Lipinski definition) is 5. The van der Waals surface area contributed by atoms with E-state index in [-0.39, 0.29) is 5.69 Å². The number of halogens is 3. The number of fused-ring (bicyclic) bond motifs is 1. The lowest BCUT2D eigenvalue weighted by Gasteiger charge is -2.34. The van der Waals surface area contributed by atoms with Crippen LogP contribution < -0.4 is 10.6 Å². The molecular formula is C23H24F3N7O. The molecule has 0 radical (unpaired) electrons. The molecule has 11 heteroatoms. The van der Waals surface area contributed by atoms with Gasteiger partial charge in [0, 0.05) is 59.5 Å². The predicted molar refractivity (Wildman–Crippen MR) is 123 cm³/mol. The minimum absolute atomic E-state index is 0.151. The third-order valence-corrected chi connectivity index (χ3v) is 5.54. The number of aromatic nitrogens is 5. The van der Waals surface area contributed by atoms with Gasteiger partial charge in [-0.05, 0) is 18.1 Å². The zero-order valence-electron chi connectivity index (χ0n) is 18.8. The average molecular weight is 471 g/mol. The highest BCUT2D eigenvalue weighted by Crippen LogP contribution is 2.34. The van der Waals surface area contributed by atoms with Crippen molar-refractivity contribution in [1.29, 1.82) is 0 Å². The van der Waals surface area contributed by atoms with Crippen molar-refractivity contribution in [2.24, 2.45) is 18.7 Å². The van der Waals surface area contributed by atoms with E-state index in [0.29, 0.717) is 11.2 Å². The van der Waals surface area contributed by atoms with E-state index in [0.717, 1.165) is 27.0 Å². The molecule has 0 saturated heterocycles. The second kappa shape index (κ2) is 8.81. The molecule has 1 amide bonds. The Morgan fingerprint density at radius 3 is 2.53 bits per heavy atom. The van der Waals surface area contributed by atoms with Crippen LogP contribution in [0.5, 0.6) is 0 Å². The third-order valence-electron chi connectivity index (χ3n) is 5.54. The van der Waals surface area contributed by atoms with Gasteiger partial charge in [0.25, 0.3) is 0 Å². The predicted octanol–water partition coefficient (Wildman–Crippen LogP) is 3.90. The van der Waals surface area contributed by atoms with Crippen molar-refractivity contribution >= 4 is 22.6 Å². The van der Waals surface area contributed by atoms with Gasteiger partial charge >= 0.3 is 6.18 Å².